The molecule has 0 unspecified atom stereocenters. The van der Waals surface area contributed by atoms with Crippen LogP contribution < -0.4 is 10.2 Å². The van der Waals surface area contributed by atoms with E-state index in [2.05, 4.69) is 5.32 Å². The number of anilines is 2. The highest BCUT2D eigenvalue weighted by Gasteiger charge is 2.31. The van der Waals surface area contributed by atoms with Crippen LogP contribution in [0.25, 0.3) is 0 Å². The van der Waals surface area contributed by atoms with E-state index in [1.807, 2.05) is 17.9 Å². The quantitative estimate of drug-likeness (QED) is 0.572. The van der Waals surface area contributed by atoms with Gasteiger partial charge in [-0.1, -0.05) is 30.3 Å². The minimum atomic E-state index is -4.40. The predicted octanol–water partition coefficient (Wildman–Crippen LogP) is 5.23. The normalized spacial score (nSPS) is 14.1. The molecule has 1 saturated heterocycles. The van der Waals surface area contributed by atoms with Gasteiger partial charge in [0.1, 0.15) is 0 Å². The first kappa shape index (κ1) is 23.4. The number of hydrogen-bond donors (Lipinski definition) is 1. The van der Waals surface area contributed by atoms with Gasteiger partial charge in [-0.3, -0.25) is 9.59 Å². The molecule has 176 valence electrons. The Morgan fingerprint density at radius 2 is 1.53 bits per heavy atom. The summed E-state index contributed by atoms with van der Waals surface area (Å²) < 4.78 is 39.1. The van der Waals surface area contributed by atoms with Crippen LogP contribution in [0.1, 0.15) is 31.8 Å². The van der Waals surface area contributed by atoms with E-state index in [0.717, 1.165) is 17.7 Å². The van der Waals surface area contributed by atoms with Crippen molar-refractivity contribution in [2.45, 2.75) is 13.1 Å². The molecule has 0 aliphatic carbocycles. The zero-order valence-electron chi connectivity index (χ0n) is 18.6. The van der Waals surface area contributed by atoms with Crippen molar-refractivity contribution < 1.29 is 22.8 Å². The van der Waals surface area contributed by atoms with E-state index in [4.69, 9.17) is 0 Å². The van der Waals surface area contributed by atoms with Gasteiger partial charge in [0.15, 0.2) is 0 Å². The summed E-state index contributed by atoms with van der Waals surface area (Å²) in [6.07, 6.45) is -4.40. The van der Waals surface area contributed by atoms with Gasteiger partial charge in [0, 0.05) is 48.7 Å². The van der Waals surface area contributed by atoms with E-state index in [-0.39, 0.29) is 11.8 Å². The summed E-state index contributed by atoms with van der Waals surface area (Å²) in [6, 6.07) is 19.2. The van der Waals surface area contributed by atoms with Crippen molar-refractivity contribution in [1.82, 2.24) is 4.90 Å². The molecule has 34 heavy (non-hydrogen) atoms. The van der Waals surface area contributed by atoms with Crippen molar-refractivity contribution in [3.8, 4) is 0 Å². The van der Waals surface area contributed by atoms with E-state index in [9.17, 15) is 22.8 Å². The van der Waals surface area contributed by atoms with Crippen molar-refractivity contribution in [2.75, 3.05) is 36.4 Å². The molecule has 0 saturated carbocycles. The van der Waals surface area contributed by atoms with Crippen molar-refractivity contribution in [3.63, 3.8) is 0 Å². The van der Waals surface area contributed by atoms with Crippen molar-refractivity contribution in [2.24, 2.45) is 0 Å². The topological polar surface area (TPSA) is 52.7 Å². The van der Waals surface area contributed by atoms with E-state index >= 15 is 0 Å². The van der Waals surface area contributed by atoms with Gasteiger partial charge in [0.2, 0.25) is 0 Å². The summed E-state index contributed by atoms with van der Waals surface area (Å²) in [4.78, 5) is 29.1. The van der Waals surface area contributed by atoms with Gasteiger partial charge in [-0.2, -0.15) is 13.2 Å². The Bertz CT molecular complexity index is 1190. The largest absolute Gasteiger partial charge is 0.416 e. The Morgan fingerprint density at radius 1 is 0.824 bits per heavy atom. The van der Waals surface area contributed by atoms with Gasteiger partial charge in [0.25, 0.3) is 11.8 Å². The molecule has 3 aromatic carbocycles. The summed E-state index contributed by atoms with van der Waals surface area (Å²) in [6.45, 7) is 3.47. The lowest BCUT2D eigenvalue weighted by Gasteiger charge is -2.36. The van der Waals surface area contributed by atoms with E-state index in [1.54, 1.807) is 53.4 Å². The highest BCUT2D eigenvalue weighted by atomic mass is 19.4. The van der Waals surface area contributed by atoms with Gasteiger partial charge in [-0.15, -0.1) is 0 Å². The predicted molar refractivity (Wildman–Crippen MR) is 125 cm³/mol. The molecule has 5 nitrogen and oxygen atoms in total. The molecule has 1 aliphatic rings. The van der Waals surface area contributed by atoms with E-state index < -0.39 is 11.7 Å². The highest BCUT2D eigenvalue weighted by Crippen LogP contribution is 2.32. The third kappa shape index (κ3) is 5.22. The zero-order valence-corrected chi connectivity index (χ0v) is 18.6. The lowest BCUT2D eigenvalue weighted by atomic mass is 10.1. The first-order chi connectivity index (χ1) is 16.2. The van der Waals surface area contributed by atoms with Crippen molar-refractivity contribution in [1.29, 1.82) is 0 Å². The molecular weight excluding hydrogens is 443 g/mol. The molecule has 1 aliphatic heterocycles. The zero-order chi connectivity index (χ0) is 24.3. The average Bonchev–Trinajstić information content (AvgIpc) is 2.85. The molecule has 0 radical (unpaired) electrons. The molecular formula is C26H24F3N3O2. The molecule has 1 fully saturated rings. The third-order valence-corrected chi connectivity index (χ3v) is 5.87. The van der Waals surface area contributed by atoms with Crippen LogP contribution in [-0.2, 0) is 6.18 Å². The number of nitrogens with zero attached hydrogens (tertiary/aromatic N) is 2. The van der Waals surface area contributed by atoms with Crippen LogP contribution in [0.5, 0.6) is 0 Å². The first-order valence-corrected chi connectivity index (χ1v) is 10.9. The van der Waals surface area contributed by atoms with Crippen LogP contribution in [0, 0.1) is 6.92 Å². The van der Waals surface area contributed by atoms with Crippen LogP contribution in [0.3, 0.4) is 0 Å². The Balaban J connectivity index is 1.42. The van der Waals surface area contributed by atoms with Gasteiger partial charge in [-0.05, 0) is 55.0 Å². The maximum atomic E-state index is 13.1. The van der Waals surface area contributed by atoms with E-state index in [1.165, 1.54) is 6.07 Å². The number of alkyl halides is 3. The van der Waals surface area contributed by atoms with Crippen LogP contribution in [0.2, 0.25) is 0 Å². The minimum Gasteiger partial charge on any atom is -0.368 e. The smallest absolute Gasteiger partial charge is 0.368 e. The number of nitrogens with one attached hydrogen (secondary N) is 1. The number of aryl methyl sites for hydroxylation is 1. The lowest BCUT2D eigenvalue weighted by molar-refractivity contribution is -0.137. The minimum absolute atomic E-state index is 0.182. The number of benzene rings is 3. The van der Waals surface area contributed by atoms with Gasteiger partial charge in [0.05, 0.1) is 5.56 Å². The Kier molecular flexibility index (Phi) is 6.58. The summed E-state index contributed by atoms with van der Waals surface area (Å²) >= 11 is 0. The molecule has 0 spiro atoms. The fourth-order valence-corrected chi connectivity index (χ4v) is 3.90. The maximum Gasteiger partial charge on any atom is 0.416 e. The lowest BCUT2D eigenvalue weighted by Crippen LogP contribution is -2.48. The van der Waals surface area contributed by atoms with Crippen LogP contribution in [-0.4, -0.2) is 42.9 Å². The second-order valence-corrected chi connectivity index (χ2v) is 8.18. The van der Waals surface area contributed by atoms with E-state index in [0.29, 0.717) is 48.7 Å². The Labute approximate surface area is 195 Å². The average molecular weight is 467 g/mol. The van der Waals surface area contributed by atoms with Gasteiger partial charge >= 0.3 is 6.18 Å². The number of rotatable bonds is 4. The fourth-order valence-electron chi connectivity index (χ4n) is 3.90. The number of carbonyl (C=O) groups is 2. The third-order valence-electron chi connectivity index (χ3n) is 5.87. The molecule has 2 amide bonds. The van der Waals surface area contributed by atoms with Crippen molar-refractivity contribution in [3.05, 3.63) is 95.1 Å². The standard InChI is InChI=1S/C26H24F3N3O2/c1-18-10-11-20(16-23(18)30-24(33)19-6-3-2-4-7-19)25(34)32-14-12-31(13-15-32)22-9-5-8-21(17-22)26(27,28)29/h2-11,16-17H,12-15H2,1H3,(H,30,33). The highest BCUT2D eigenvalue weighted by molar-refractivity contribution is 6.05. The SMILES string of the molecule is Cc1ccc(C(=O)N2CCN(c3cccc(C(F)(F)F)c3)CC2)cc1NC(=O)c1ccccc1. The number of piperazine rings is 1. The number of halogens is 3. The second kappa shape index (κ2) is 9.59. The molecule has 8 heteroatoms. The molecule has 1 N–H and O–H groups in total. The number of carbonyl (C=O) groups excluding carboxylic acids is 2. The molecule has 3 aromatic rings. The van der Waals surface area contributed by atoms with Crippen LogP contribution in [0.15, 0.2) is 72.8 Å². The summed E-state index contributed by atoms with van der Waals surface area (Å²) in [7, 11) is 0. The van der Waals surface area contributed by atoms with Gasteiger partial charge < -0.3 is 15.1 Å². The maximum absolute atomic E-state index is 13.1. The second-order valence-electron chi connectivity index (χ2n) is 8.18. The van der Waals surface area contributed by atoms with Gasteiger partial charge in [-0.25, -0.2) is 0 Å². The fraction of sp³-hybridized carbons (Fsp3) is 0.231. The summed E-state index contributed by atoms with van der Waals surface area (Å²) in [5.74, 6) is -0.443. The van der Waals surface area contributed by atoms with Crippen LogP contribution >= 0.6 is 0 Å². The summed E-state index contributed by atoms with van der Waals surface area (Å²) in [5, 5.41) is 2.86. The molecule has 0 atom stereocenters. The monoisotopic (exact) mass is 467 g/mol. The molecule has 4 rings (SSSR count). The first-order valence-electron chi connectivity index (χ1n) is 10.9. The molecule has 0 aromatic heterocycles. The summed E-state index contributed by atoms with van der Waals surface area (Å²) in [5.41, 5.74) is 2.15. The Morgan fingerprint density at radius 3 is 2.21 bits per heavy atom. The molecule has 0 bridgehead atoms. The number of hydrogen-bond acceptors (Lipinski definition) is 3. The van der Waals surface area contributed by atoms with Crippen LogP contribution in [0.4, 0.5) is 24.5 Å². The Hall–Kier alpha value is -3.81. The van der Waals surface area contributed by atoms with Crippen molar-refractivity contribution >= 4 is 23.2 Å². The molecule has 1 heterocycles. The number of amides is 2.